The molecule has 0 radical (unpaired) electrons. The standard InChI is InChI=1S/C14H14BrN3O2/c1-8-10(16)6-18-14(13(8)15)17-5-9-2-3-11-12(4-9)20-7-19-11/h2-4,6H,5,7,16H2,1H3,(H,17,18). The molecule has 0 saturated heterocycles. The van der Waals surface area contributed by atoms with E-state index in [0.29, 0.717) is 12.2 Å². The Balaban J connectivity index is 1.75. The van der Waals surface area contributed by atoms with Crippen LogP contribution in [0.5, 0.6) is 11.5 Å². The fourth-order valence-electron chi connectivity index (χ4n) is 1.95. The van der Waals surface area contributed by atoms with E-state index in [2.05, 4.69) is 26.2 Å². The van der Waals surface area contributed by atoms with E-state index < -0.39 is 0 Å². The van der Waals surface area contributed by atoms with Gasteiger partial charge >= 0.3 is 0 Å². The molecule has 3 rings (SSSR count). The SMILES string of the molecule is Cc1c(N)cnc(NCc2ccc3c(c2)OCO3)c1Br. The molecule has 104 valence electrons. The Hall–Kier alpha value is -1.95. The van der Waals surface area contributed by atoms with E-state index in [1.807, 2.05) is 25.1 Å². The van der Waals surface area contributed by atoms with Crippen LogP contribution < -0.4 is 20.5 Å². The number of nitrogens with two attached hydrogens (primary N) is 1. The summed E-state index contributed by atoms with van der Waals surface area (Å²) in [6, 6.07) is 5.88. The molecular weight excluding hydrogens is 322 g/mol. The Labute approximate surface area is 125 Å². The van der Waals surface area contributed by atoms with Crippen LogP contribution in [0.25, 0.3) is 0 Å². The lowest BCUT2D eigenvalue weighted by atomic mass is 10.2. The van der Waals surface area contributed by atoms with Crippen molar-refractivity contribution in [1.82, 2.24) is 4.98 Å². The topological polar surface area (TPSA) is 69.4 Å². The summed E-state index contributed by atoms with van der Waals surface area (Å²) in [5, 5.41) is 3.28. The molecule has 1 aromatic heterocycles. The van der Waals surface area contributed by atoms with Gasteiger partial charge in [-0.05, 0) is 46.1 Å². The van der Waals surface area contributed by atoms with E-state index >= 15 is 0 Å². The number of pyridine rings is 1. The van der Waals surface area contributed by atoms with E-state index in [9.17, 15) is 0 Å². The summed E-state index contributed by atoms with van der Waals surface area (Å²) in [7, 11) is 0. The zero-order valence-electron chi connectivity index (χ0n) is 10.9. The highest BCUT2D eigenvalue weighted by molar-refractivity contribution is 9.10. The first-order chi connectivity index (χ1) is 9.65. The fourth-order valence-corrected chi connectivity index (χ4v) is 2.42. The average Bonchev–Trinajstić information content (AvgIpc) is 2.91. The Morgan fingerprint density at radius 2 is 2.15 bits per heavy atom. The van der Waals surface area contributed by atoms with Gasteiger partial charge in [-0.1, -0.05) is 6.07 Å². The molecule has 20 heavy (non-hydrogen) atoms. The Morgan fingerprint density at radius 3 is 3.00 bits per heavy atom. The third-order valence-corrected chi connectivity index (χ3v) is 4.17. The van der Waals surface area contributed by atoms with Crippen LogP contribution in [0.1, 0.15) is 11.1 Å². The predicted octanol–water partition coefficient (Wildman–Crippen LogP) is 3.08. The summed E-state index contributed by atoms with van der Waals surface area (Å²) in [6.07, 6.45) is 1.65. The first-order valence-corrected chi connectivity index (χ1v) is 6.97. The number of hydrogen-bond acceptors (Lipinski definition) is 5. The van der Waals surface area contributed by atoms with E-state index in [1.165, 1.54) is 0 Å². The Morgan fingerprint density at radius 1 is 1.35 bits per heavy atom. The van der Waals surface area contributed by atoms with Crippen molar-refractivity contribution in [2.45, 2.75) is 13.5 Å². The minimum atomic E-state index is 0.288. The second kappa shape index (κ2) is 5.20. The largest absolute Gasteiger partial charge is 0.454 e. The molecule has 0 aliphatic carbocycles. The maximum Gasteiger partial charge on any atom is 0.231 e. The molecule has 0 atom stereocenters. The van der Waals surface area contributed by atoms with Gasteiger partial charge in [-0.25, -0.2) is 4.98 Å². The molecular formula is C14H14BrN3O2. The van der Waals surface area contributed by atoms with E-state index in [4.69, 9.17) is 15.2 Å². The van der Waals surface area contributed by atoms with Crippen molar-refractivity contribution in [1.29, 1.82) is 0 Å². The molecule has 1 aliphatic rings. The van der Waals surface area contributed by atoms with Crippen LogP contribution in [0.4, 0.5) is 11.5 Å². The Bertz CT molecular complexity index is 661. The van der Waals surface area contributed by atoms with E-state index in [0.717, 1.165) is 32.9 Å². The summed E-state index contributed by atoms with van der Waals surface area (Å²) in [6.45, 7) is 2.88. The second-order valence-electron chi connectivity index (χ2n) is 4.54. The summed E-state index contributed by atoms with van der Waals surface area (Å²) in [5.41, 5.74) is 8.55. The third kappa shape index (κ3) is 2.38. The molecule has 0 fully saturated rings. The summed E-state index contributed by atoms with van der Waals surface area (Å²) >= 11 is 3.50. The minimum absolute atomic E-state index is 0.288. The molecule has 1 aliphatic heterocycles. The monoisotopic (exact) mass is 335 g/mol. The van der Waals surface area contributed by atoms with Crippen LogP contribution in [0.2, 0.25) is 0 Å². The number of rotatable bonds is 3. The van der Waals surface area contributed by atoms with Gasteiger partial charge in [-0.2, -0.15) is 0 Å². The highest BCUT2D eigenvalue weighted by atomic mass is 79.9. The number of nitrogen functional groups attached to an aromatic ring is 1. The first-order valence-electron chi connectivity index (χ1n) is 6.18. The van der Waals surface area contributed by atoms with Crippen molar-refractivity contribution in [2.24, 2.45) is 0 Å². The molecule has 5 nitrogen and oxygen atoms in total. The highest BCUT2D eigenvalue weighted by Crippen LogP contribution is 2.33. The van der Waals surface area contributed by atoms with Crippen molar-refractivity contribution in [2.75, 3.05) is 17.8 Å². The van der Waals surface area contributed by atoms with Crippen molar-refractivity contribution in [3.8, 4) is 11.5 Å². The van der Waals surface area contributed by atoms with Gasteiger partial charge in [0, 0.05) is 6.54 Å². The molecule has 0 spiro atoms. The van der Waals surface area contributed by atoms with Gasteiger partial charge in [0.15, 0.2) is 11.5 Å². The maximum atomic E-state index is 5.81. The van der Waals surface area contributed by atoms with Crippen LogP contribution in [-0.4, -0.2) is 11.8 Å². The number of anilines is 2. The fraction of sp³-hybridized carbons (Fsp3) is 0.214. The van der Waals surface area contributed by atoms with Crippen molar-refractivity contribution < 1.29 is 9.47 Å². The predicted molar refractivity (Wildman–Crippen MR) is 81.0 cm³/mol. The van der Waals surface area contributed by atoms with Crippen LogP contribution in [0.15, 0.2) is 28.9 Å². The van der Waals surface area contributed by atoms with Gasteiger partial charge in [-0.15, -0.1) is 0 Å². The Kier molecular flexibility index (Phi) is 3.40. The molecule has 3 N–H and O–H groups in total. The number of hydrogen-bond donors (Lipinski definition) is 2. The lowest BCUT2D eigenvalue weighted by Gasteiger charge is -2.11. The molecule has 2 aromatic rings. The third-order valence-electron chi connectivity index (χ3n) is 3.20. The maximum absolute atomic E-state index is 5.81. The molecule has 0 saturated carbocycles. The number of halogens is 1. The number of ether oxygens (including phenoxy) is 2. The molecule has 0 amide bonds. The van der Waals surface area contributed by atoms with Crippen LogP contribution >= 0.6 is 15.9 Å². The van der Waals surface area contributed by atoms with Gasteiger partial charge in [0.05, 0.1) is 16.4 Å². The normalized spacial score (nSPS) is 12.5. The zero-order valence-corrected chi connectivity index (χ0v) is 12.5. The molecule has 1 aromatic carbocycles. The minimum Gasteiger partial charge on any atom is -0.454 e. The van der Waals surface area contributed by atoms with Gasteiger partial charge in [0.2, 0.25) is 6.79 Å². The van der Waals surface area contributed by atoms with E-state index in [-0.39, 0.29) is 6.79 Å². The zero-order chi connectivity index (χ0) is 14.1. The van der Waals surface area contributed by atoms with Crippen molar-refractivity contribution >= 4 is 27.4 Å². The van der Waals surface area contributed by atoms with Crippen LogP contribution in [-0.2, 0) is 6.54 Å². The van der Waals surface area contributed by atoms with Gasteiger partial charge in [0.1, 0.15) is 5.82 Å². The van der Waals surface area contributed by atoms with Crippen molar-refractivity contribution in [3.05, 3.63) is 40.0 Å². The first kappa shape index (κ1) is 13.1. The molecule has 0 unspecified atom stereocenters. The molecule has 2 heterocycles. The lowest BCUT2D eigenvalue weighted by Crippen LogP contribution is -2.04. The number of nitrogens with zero attached hydrogens (tertiary/aromatic N) is 1. The highest BCUT2D eigenvalue weighted by Gasteiger charge is 2.13. The van der Waals surface area contributed by atoms with Gasteiger partial charge in [0.25, 0.3) is 0 Å². The lowest BCUT2D eigenvalue weighted by molar-refractivity contribution is 0.174. The van der Waals surface area contributed by atoms with Gasteiger partial charge in [-0.3, -0.25) is 0 Å². The average molecular weight is 336 g/mol. The smallest absolute Gasteiger partial charge is 0.231 e. The summed E-state index contributed by atoms with van der Waals surface area (Å²) < 4.78 is 11.5. The number of benzene rings is 1. The molecule has 0 bridgehead atoms. The quantitative estimate of drug-likeness (QED) is 0.902. The van der Waals surface area contributed by atoms with E-state index in [1.54, 1.807) is 6.20 Å². The number of nitrogens with one attached hydrogen (secondary N) is 1. The van der Waals surface area contributed by atoms with Crippen molar-refractivity contribution in [3.63, 3.8) is 0 Å². The molecule has 6 heteroatoms. The summed E-state index contributed by atoms with van der Waals surface area (Å²) in [5.74, 6) is 2.34. The number of fused-ring (bicyclic) bond motifs is 1. The second-order valence-corrected chi connectivity index (χ2v) is 5.34. The van der Waals surface area contributed by atoms with Crippen LogP contribution in [0.3, 0.4) is 0 Å². The van der Waals surface area contributed by atoms with Crippen LogP contribution in [0, 0.1) is 6.92 Å². The number of aromatic nitrogens is 1. The summed E-state index contributed by atoms with van der Waals surface area (Å²) in [4.78, 5) is 4.29. The van der Waals surface area contributed by atoms with Gasteiger partial charge < -0.3 is 20.5 Å².